The molecule has 2 aromatic heterocycles. The van der Waals surface area contributed by atoms with Gasteiger partial charge in [-0.1, -0.05) is 30.0 Å². The summed E-state index contributed by atoms with van der Waals surface area (Å²) < 4.78 is 7.31. The Labute approximate surface area is 177 Å². The van der Waals surface area contributed by atoms with Crippen LogP contribution in [0.3, 0.4) is 0 Å². The van der Waals surface area contributed by atoms with Crippen molar-refractivity contribution in [3.63, 3.8) is 0 Å². The van der Waals surface area contributed by atoms with Gasteiger partial charge in [-0.05, 0) is 32.4 Å². The second kappa shape index (κ2) is 8.20. The molecule has 0 saturated carbocycles. The molecule has 1 N–H and O–H groups in total. The lowest BCUT2D eigenvalue weighted by molar-refractivity contribution is -0.119. The van der Waals surface area contributed by atoms with Gasteiger partial charge in [0, 0.05) is 23.4 Å². The fraction of sp³-hybridized carbons (Fsp3) is 0.381. The Kier molecular flexibility index (Phi) is 5.65. The molecule has 3 heterocycles. The van der Waals surface area contributed by atoms with Crippen LogP contribution in [0, 0.1) is 13.8 Å². The third-order valence-electron chi connectivity index (χ3n) is 5.20. The Balaban J connectivity index is 1.51. The monoisotopic (exact) mass is 429 g/mol. The summed E-state index contributed by atoms with van der Waals surface area (Å²) >= 11 is 2.84. The minimum atomic E-state index is -0.0766. The number of ether oxygens (including phenoxy) is 1. The van der Waals surface area contributed by atoms with E-state index in [1.54, 1.807) is 4.57 Å². The van der Waals surface area contributed by atoms with E-state index in [1.807, 2.05) is 45.0 Å². The average molecular weight is 430 g/mol. The maximum absolute atomic E-state index is 12.9. The summed E-state index contributed by atoms with van der Waals surface area (Å²) in [7, 11) is 0. The predicted octanol–water partition coefficient (Wildman–Crippen LogP) is 3.83. The number of para-hydroxylation sites is 1. The molecule has 0 saturated heterocycles. The molecule has 6 nitrogen and oxygen atoms in total. The van der Waals surface area contributed by atoms with E-state index in [0.29, 0.717) is 23.7 Å². The van der Waals surface area contributed by atoms with E-state index < -0.39 is 0 Å². The van der Waals surface area contributed by atoms with E-state index in [9.17, 15) is 9.59 Å². The van der Waals surface area contributed by atoms with Crippen molar-refractivity contribution in [2.24, 2.45) is 0 Å². The molecule has 1 aromatic carbocycles. The molecule has 4 rings (SSSR count). The lowest BCUT2D eigenvalue weighted by atomic mass is 10.0. The van der Waals surface area contributed by atoms with Crippen molar-refractivity contribution in [3.8, 4) is 5.75 Å². The number of thiophene rings is 1. The van der Waals surface area contributed by atoms with E-state index in [-0.39, 0.29) is 23.3 Å². The first-order valence-corrected chi connectivity index (χ1v) is 11.4. The average Bonchev–Trinajstić information content (AvgIpc) is 3.00. The van der Waals surface area contributed by atoms with Gasteiger partial charge < -0.3 is 10.1 Å². The molecule has 1 amide bonds. The van der Waals surface area contributed by atoms with E-state index >= 15 is 0 Å². The quantitative estimate of drug-likeness (QED) is 0.493. The third kappa shape index (κ3) is 3.79. The van der Waals surface area contributed by atoms with Gasteiger partial charge in [-0.2, -0.15) is 0 Å². The Morgan fingerprint density at radius 1 is 1.38 bits per heavy atom. The number of benzene rings is 1. The number of hydrogen-bond acceptors (Lipinski definition) is 6. The Morgan fingerprint density at radius 2 is 2.17 bits per heavy atom. The molecule has 152 valence electrons. The number of nitrogens with zero attached hydrogens (tertiary/aromatic N) is 2. The topological polar surface area (TPSA) is 73.2 Å². The molecule has 8 heteroatoms. The molecule has 0 spiro atoms. The van der Waals surface area contributed by atoms with Crippen molar-refractivity contribution in [1.29, 1.82) is 0 Å². The van der Waals surface area contributed by atoms with Crippen LogP contribution in [0.25, 0.3) is 10.2 Å². The minimum Gasteiger partial charge on any atom is -0.493 e. The zero-order valence-electron chi connectivity index (χ0n) is 16.7. The van der Waals surface area contributed by atoms with Crippen LogP contribution in [-0.2, 0) is 11.3 Å². The largest absolute Gasteiger partial charge is 0.493 e. The molecule has 1 aliphatic rings. The second-order valence-corrected chi connectivity index (χ2v) is 9.14. The number of carbonyl (C=O) groups is 1. The highest BCUT2D eigenvalue weighted by atomic mass is 32.2. The smallest absolute Gasteiger partial charge is 0.263 e. The molecule has 0 fully saturated rings. The highest BCUT2D eigenvalue weighted by Crippen LogP contribution is 2.32. The molecule has 3 aromatic rings. The fourth-order valence-electron chi connectivity index (χ4n) is 3.56. The summed E-state index contributed by atoms with van der Waals surface area (Å²) in [5.41, 5.74) is 1.98. The van der Waals surface area contributed by atoms with Crippen LogP contribution >= 0.6 is 23.1 Å². The Bertz CT molecular complexity index is 1140. The first-order chi connectivity index (χ1) is 14.0. The highest BCUT2D eigenvalue weighted by Gasteiger charge is 2.23. The first-order valence-electron chi connectivity index (χ1n) is 9.64. The van der Waals surface area contributed by atoms with Gasteiger partial charge in [-0.25, -0.2) is 4.98 Å². The van der Waals surface area contributed by atoms with E-state index in [2.05, 4.69) is 10.3 Å². The van der Waals surface area contributed by atoms with Gasteiger partial charge in [-0.15, -0.1) is 11.3 Å². The minimum absolute atomic E-state index is 0.0272. The number of carbonyl (C=O) groups excluding carboxylic acids is 1. The maximum atomic E-state index is 12.9. The van der Waals surface area contributed by atoms with Gasteiger partial charge in [0.05, 0.1) is 23.8 Å². The van der Waals surface area contributed by atoms with Crippen molar-refractivity contribution in [2.75, 3.05) is 12.4 Å². The second-order valence-electron chi connectivity index (χ2n) is 6.99. The fourth-order valence-corrected chi connectivity index (χ4v) is 5.50. The number of rotatable bonds is 5. The molecule has 0 radical (unpaired) electrons. The third-order valence-corrected chi connectivity index (χ3v) is 7.27. The normalized spacial score (nSPS) is 15.8. The molecule has 29 heavy (non-hydrogen) atoms. The molecule has 0 bridgehead atoms. The number of aryl methyl sites for hydroxylation is 2. The van der Waals surface area contributed by atoms with Crippen molar-refractivity contribution in [1.82, 2.24) is 14.9 Å². The predicted molar refractivity (Wildman–Crippen MR) is 117 cm³/mol. The SMILES string of the molecule is CCn1c(SCC(=O)NC2CCOc3ccccc32)nc2sc(C)c(C)c2c1=O. The first kappa shape index (κ1) is 20.0. The summed E-state index contributed by atoms with van der Waals surface area (Å²) in [5.74, 6) is 0.959. The molecule has 1 unspecified atom stereocenters. The van der Waals surface area contributed by atoms with Gasteiger partial charge in [0.25, 0.3) is 5.56 Å². The van der Waals surface area contributed by atoms with Crippen LogP contribution in [0.2, 0.25) is 0 Å². The van der Waals surface area contributed by atoms with Crippen LogP contribution < -0.4 is 15.6 Å². The number of thioether (sulfide) groups is 1. The van der Waals surface area contributed by atoms with Gasteiger partial charge in [0.2, 0.25) is 5.91 Å². The number of hydrogen-bond donors (Lipinski definition) is 1. The number of amides is 1. The summed E-state index contributed by atoms with van der Waals surface area (Å²) in [5, 5.41) is 4.38. The number of aromatic nitrogens is 2. The molecular formula is C21H23N3O3S2. The summed E-state index contributed by atoms with van der Waals surface area (Å²) in [6.07, 6.45) is 0.741. The van der Waals surface area contributed by atoms with Gasteiger partial charge >= 0.3 is 0 Å². The number of nitrogens with one attached hydrogen (secondary N) is 1. The van der Waals surface area contributed by atoms with Crippen molar-refractivity contribution >= 4 is 39.2 Å². The van der Waals surface area contributed by atoms with E-state index in [1.165, 1.54) is 23.1 Å². The number of fused-ring (bicyclic) bond motifs is 2. The van der Waals surface area contributed by atoms with E-state index in [0.717, 1.165) is 33.0 Å². The van der Waals surface area contributed by atoms with Crippen LogP contribution in [-0.4, -0.2) is 27.8 Å². The van der Waals surface area contributed by atoms with Gasteiger partial charge in [0.15, 0.2) is 5.16 Å². The van der Waals surface area contributed by atoms with Crippen LogP contribution in [0.5, 0.6) is 5.75 Å². The molecule has 1 atom stereocenters. The van der Waals surface area contributed by atoms with Crippen LogP contribution in [0.1, 0.15) is 35.4 Å². The molecule has 1 aliphatic heterocycles. The van der Waals surface area contributed by atoms with Crippen LogP contribution in [0.15, 0.2) is 34.2 Å². The van der Waals surface area contributed by atoms with E-state index in [4.69, 9.17) is 4.74 Å². The zero-order valence-corrected chi connectivity index (χ0v) is 18.3. The van der Waals surface area contributed by atoms with Gasteiger partial charge in [0.1, 0.15) is 10.6 Å². The standard InChI is InChI=1S/C21H23N3O3S2/c1-4-24-20(26)18-12(2)13(3)29-19(18)23-21(24)28-11-17(25)22-15-9-10-27-16-8-6-5-7-14(15)16/h5-8,15H,4,9-11H2,1-3H3,(H,22,25). The summed E-state index contributed by atoms with van der Waals surface area (Å²) in [6, 6.07) is 7.73. The summed E-state index contributed by atoms with van der Waals surface area (Å²) in [6.45, 7) is 6.99. The molecular weight excluding hydrogens is 406 g/mol. The maximum Gasteiger partial charge on any atom is 0.263 e. The Hall–Kier alpha value is -2.32. The van der Waals surface area contributed by atoms with Crippen LogP contribution in [0.4, 0.5) is 0 Å². The Morgan fingerprint density at radius 3 is 2.97 bits per heavy atom. The van der Waals surface area contributed by atoms with Crippen molar-refractivity contribution < 1.29 is 9.53 Å². The van der Waals surface area contributed by atoms with Crippen molar-refractivity contribution in [2.45, 2.75) is 44.9 Å². The summed E-state index contributed by atoms with van der Waals surface area (Å²) in [4.78, 5) is 32.1. The lowest BCUT2D eigenvalue weighted by Gasteiger charge is -2.26. The molecule has 0 aliphatic carbocycles. The zero-order chi connectivity index (χ0) is 20.5. The highest BCUT2D eigenvalue weighted by molar-refractivity contribution is 7.99. The lowest BCUT2D eigenvalue weighted by Crippen LogP contribution is -2.33. The van der Waals surface area contributed by atoms with Gasteiger partial charge in [-0.3, -0.25) is 14.2 Å². The van der Waals surface area contributed by atoms with Crippen molar-refractivity contribution in [3.05, 3.63) is 50.6 Å².